The lowest BCUT2D eigenvalue weighted by Gasteiger charge is -2.21. The van der Waals surface area contributed by atoms with Crippen LogP contribution >= 0.6 is 0 Å². The molecule has 6 saturated heterocycles. The second kappa shape index (κ2) is 23.4. The van der Waals surface area contributed by atoms with E-state index in [4.69, 9.17) is 73.6 Å². The largest absolute Gasteiger partial charge is 0.394 e. The molecule has 0 bridgehead atoms. The highest BCUT2D eigenvalue weighted by atomic mass is 16.8. The summed E-state index contributed by atoms with van der Waals surface area (Å²) in [6.07, 6.45) is -10.5. The molecule has 54 heavy (non-hydrogen) atoms. The Hall–Kier alpha value is -0.960. The summed E-state index contributed by atoms with van der Waals surface area (Å²) in [5.74, 6) is -1.91. The third kappa shape index (κ3) is 15.8. The third-order valence-corrected chi connectivity index (χ3v) is 7.72. The molecule has 6 rings (SSSR count). The predicted octanol–water partition coefficient (Wildman–Crippen LogP) is -3.94. The zero-order valence-corrected chi connectivity index (χ0v) is 31.3. The van der Waals surface area contributed by atoms with E-state index in [1.54, 1.807) is 27.7 Å². The van der Waals surface area contributed by atoms with Gasteiger partial charge in [-0.3, -0.25) is 0 Å². The molecule has 6 heterocycles. The standard InChI is InChI=1S/C8H14O5.C8H16O5.C7H12O4.C5H10O5.C3H6O.CH4.2B.H2/c1-8(2)12-5-4(3-9)11-7(10)6(5)13-8;1-8(2)12-6(4-10)7(13-8)5(11)3-9;1-7(2)10-4-3-9-6(8)5(4)11-7;6-1-2-3(7)4(8)5(9)10-2;1-3(2)4;;;;/h4-7,9-10H,3H2,1-2H3;5-7,9-11H,3-4H2,1-2H3;4-6,8H,3H2,1-2H3;2-9H,1H2;1-2H3;1H4;;;1H/i;;;;;;;;1+1. The first-order valence-corrected chi connectivity index (χ1v) is 16.5. The fraction of sp³-hybridized carbons (Fsp3) is 0.969. The molecule has 0 aromatic rings. The van der Waals surface area contributed by atoms with Crippen LogP contribution < -0.4 is 0 Å². The van der Waals surface area contributed by atoms with Gasteiger partial charge in [0.25, 0.3) is 0 Å². The maximum absolute atomic E-state index is 9.44. The average Bonchev–Trinajstić information content (AvgIpc) is 3.84. The molecule has 20 nitrogen and oxygen atoms in total. The second-order valence-electron chi connectivity index (χ2n) is 13.9. The van der Waals surface area contributed by atoms with E-state index in [0.717, 1.165) is 0 Å². The number of hydrogen-bond acceptors (Lipinski definition) is 20. The lowest BCUT2D eigenvalue weighted by atomic mass is 10.1. The maximum atomic E-state index is 9.44. The molecule has 0 saturated carbocycles. The van der Waals surface area contributed by atoms with Crippen molar-refractivity contribution in [3.63, 3.8) is 0 Å². The van der Waals surface area contributed by atoms with Crippen LogP contribution in [0.15, 0.2) is 0 Å². The van der Waals surface area contributed by atoms with Crippen molar-refractivity contribution in [2.24, 2.45) is 0 Å². The molecule has 6 fully saturated rings. The Morgan fingerprint density at radius 1 is 0.630 bits per heavy atom. The van der Waals surface area contributed by atoms with E-state index in [9.17, 15) is 20.1 Å². The second-order valence-corrected chi connectivity index (χ2v) is 13.9. The lowest BCUT2D eigenvalue weighted by Crippen LogP contribution is -2.39. The Balaban J connectivity index is -0.000000622. The zero-order chi connectivity index (χ0) is 39.1. The molecule has 0 spiro atoms. The van der Waals surface area contributed by atoms with Crippen molar-refractivity contribution in [2.45, 2.75) is 166 Å². The zero-order valence-electron chi connectivity index (χ0n) is 31.3. The molecule has 0 aliphatic carbocycles. The Morgan fingerprint density at radius 2 is 1.07 bits per heavy atom. The van der Waals surface area contributed by atoms with Gasteiger partial charge >= 0.3 is 0 Å². The summed E-state index contributed by atoms with van der Waals surface area (Å²) in [5.41, 5.74) is 0. The Bertz CT molecular complexity index is 1050. The predicted molar refractivity (Wildman–Crippen MR) is 188 cm³/mol. The van der Waals surface area contributed by atoms with Gasteiger partial charge in [-0.05, 0) is 55.4 Å². The number of aliphatic hydroxyl groups excluding tert-OH is 10. The van der Waals surface area contributed by atoms with Crippen molar-refractivity contribution in [3.8, 4) is 0 Å². The highest BCUT2D eigenvalue weighted by molar-refractivity contribution is 5.76. The molecule has 0 aromatic heterocycles. The summed E-state index contributed by atoms with van der Waals surface area (Å²) in [6.45, 7) is 12.9. The Labute approximate surface area is 321 Å². The van der Waals surface area contributed by atoms with Gasteiger partial charge in [0.2, 0.25) is 0 Å². The molecular formula is C32H64B2O20. The highest BCUT2D eigenvalue weighted by Crippen LogP contribution is 2.38. The number of fused-ring (bicyclic) bond motifs is 2. The molecule has 22 heteroatoms. The van der Waals surface area contributed by atoms with Gasteiger partial charge in [0.15, 0.2) is 36.2 Å². The topological polar surface area (TPSA) is 302 Å². The number of ketones is 1. The van der Waals surface area contributed by atoms with Crippen LogP contribution in [-0.2, 0) is 47.4 Å². The third-order valence-electron chi connectivity index (χ3n) is 7.72. The molecule has 0 aromatic carbocycles. The van der Waals surface area contributed by atoms with Crippen molar-refractivity contribution in [1.82, 2.24) is 0 Å². The van der Waals surface area contributed by atoms with Gasteiger partial charge in [0.05, 0.1) is 33.0 Å². The number of ether oxygens (including phenoxy) is 9. The van der Waals surface area contributed by atoms with Crippen molar-refractivity contribution in [3.05, 3.63) is 0 Å². The van der Waals surface area contributed by atoms with Gasteiger partial charge < -0.3 is 98.5 Å². The van der Waals surface area contributed by atoms with E-state index in [1.165, 1.54) is 13.8 Å². The van der Waals surface area contributed by atoms with Crippen LogP contribution in [0.2, 0.25) is 0 Å². The first kappa shape index (κ1) is 55.1. The Morgan fingerprint density at radius 3 is 1.50 bits per heavy atom. The average molecular weight is 791 g/mol. The summed E-state index contributed by atoms with van der Waals surface area (Å²) in [6, 6.07) is 0. The van der Waals surface area contributed by atoms with Crippen LogP contribution in [0.25, 0.3) is 0 Å². The fourth-order valence-corrected chi connectivity index (χ4v) is 5.64. The molecule has 14 atom stereocenters. The summed E-state index contributed by atoms with van der Waals surface area (Å²) >= 11 is 0. The summed E-state index contributed by atoms with van der Waals surface area (Å²) in [5, 5.41) is 89.4. The van der Waals surface area contributed by atoms with Crippen molar-refractivity contribution in [1.29, 1.82) is 0 Å². The lowest BCUT2D eigenvalue weighted by molar-refractivity contribution is -0.223. The smallest absolute Gasteiger partial charge is 0.184 e. The van der Waals surface area contributed by atoms with Gasteiger partial charge in [-0.1, -0.05) is 7.43 Å². The molecule has 14 unspecified atom stereocenters. The van der Waals surface area contributed by atoms with Gasteiger partial charge in [-0.25, -0.2) is 0 Å². The molecule has 0 amide bonds. The van der Waals surface area contributed by atoms with Gasteiger partial charge in [0.1, 0.15) is 72.9 Å². The minimum absolute atomic E-state index is 0. The van der Waals surface area contributed by atoms with Crippen molar-refractivity contribution < 1.29 is 99.9 Å². The van der Waals surface area contributed by atoms with Crippen LogP contribution in [0.1, 0.15) is 64.2 Å². The minimum atomic E-state index is -1.38. The monoisotopic (exact) mass is 791 g/mol. The van der Waals surface area contributed by atoms with E-state index >= 15 is 0 Å². The van der Waals surface area contributed by atoms with Gasteiger partial charge in [-0.15, -0.1) is 0 Å². The molecule has 10 N–H and O–H groups in total. The normalized spacial score (nSPS) is 39.0. The van der Waals surface area contributed by atoms with Crippen LogP contribution in [0.4, 0.5) is 0 Å². The first-order chi connectivity index (χ1) is 23.5. The van der Waals surface area contributed by atoms with E-state index in [-0.39, 0.29) is 63.0 Å². The summed E-state index contributed by atoms with van der Waals surface area (Å²) < 4.78 is 46.8. The SMILES string of the molecule is C.CC(C)=O.CC1(C)OC(CO)C(C(O)CO)O1.CC1(C)OC2C(O)OC(CO)C2O1.CC1(C)OC2COC(O)C2O1.OCC1OC(O)C(O)C1O.[2HH].[B].[B]. The summed E-state index contributed by atoms with van der Waals surface area (Å²) in [4.78, 5) is 9.44. The molecule has 318 valence electrons. The number of carbonyl (C=O) groups excluding carboxylic acids is 1. The van der Waals surface area contributed by atoms with Crippen molar-refractivity contribution in [2.75, 3.05) is 33.0 Å². The van der Waals surface area contributed by atoms with Crippen LogP contribution in [0.5, 0.6) is 0 Å². The van der Waals surface area contributed by atoms with Crippen LogP contribution in [-0.4, -0.2) is 210 Å². The van der Waals surface area contributed by atoms with Crippen LogP contribution in [0.3, 0.4) is 0 Å². The molecule has 6 radical (unpaired) electrons. The van der Waals surface area contributed by atoms with Crippen LogP contribution in [0, 0.1) is 0 Å². The number of aliphatic hydroxyl groups is 10. The van der Waals surface area contributed by atoms with Gasteiger partial charge in [-0.2, -0.15) is 0 Å². The Kier molecular flexibility index (Phi) is 23.9. The van der Waals surface area contributed by atoms with E-state index in [2.05, 4.69) is 4.74 Å². The molecule has 6 aliphatic heterocycles. The minimum Gasteiger partial charge on any atom is -0.394 e. The number of rotatable bonds is 5. The summed E-state index contributed by atoms with van der Waals surface area (Å²) in [7, 11) is 0. The highest BCUT2D eigenvalue weighted by Gasteiger charge is 2.54. The van der Waals surface area contributed by atoms with Gasteiger partial charge in [0, 0.05) is 18.3 Å². The fourth-order valence-electron chi connectivity index (χ4n) is 5.64. The number of hydrogen-bond donors (Lipinski definition) is 10. The molecular weight excluding hydrogens is 726 g/mol. The van der Waals surface area contributed by atoms with E-state index < -0.39 is 98.3 Å². The first-order valence-electron chi connectivity index (χ1n) is 16.5. The van der Waals surface area contributed by atoms with Crippen molar-refractivity contribution >= 4 is 22.6 Å². The number of Topliss-reactive ketones (excluding diaryl/α,β-unsaturated/α-hetero) is 1. The van der Waals surface area contributed by atoms with E-state index in [1.807, 2.05) is 13.8 Å². The number of carbonyl (C=O) groups is 1. The quantitative estimate of drug-likeness (QED) is 0.119. The van der Waals surface area contributed by atoms with E-state index in [0.29, 0.717) is 6.61 Å². The maximum Gasteiger partial charge on any atom is 0.184 e. The molecule has 6 aliphatic rings.